The van der Waals surface area contributed by atoms with Crippen molar-refractivity contribution < 1.29 is 54.5 Å². The van der Waals surface area contributed by atoms with E-state index in [1.807, 2.05) is 0 Å². The molecule has 0 aromatic heterocycles. The first-order valence-corrected chi connectivity index (χ1v) is 9.69. The number of rotatable bonds is 12. The topological polar surface area (TPSA) is 215 Å². The first-order chi connectivity index (χ1) is 14.4. The Morgan fingerprint density at radius 3 is 2.26 bits per heavy atom. The average Bonchev–Trinajstić information content (AvgIpc) is 2.70. The zero-order valence-electron chi connectivity index (χ0n) is 17.5. The molecule has 31 heavy (non-hydrogen) atoms. The van der Waals surface area contributed by atoms with Crippen LogP contribution in [-0.2, 0) is 23.9 Å². The van der Waals surface area contributed by atoms with Gasteiger partial charge in [0.1, 0.15) is 0 Å². The number of ether oxygens (including phenoxy) is 2. The molecule has 2 amide bonds. The van der Waals surface area contributed by atoms with Crippen molar-refractivity contribution in [1.29, 1.82) is 0 Å². The Bertz CT molecular complexity index is 628. The maximum Gasteiger partial charge on any atom is 0.364 e. The number of hydrogen-bond donors (Lipinski definition) is 8. The van der Waals surface area contributed by atoms with Gasteiger partial charge in [-0.05, 0) is 0 Å². The summed E-state index contributed by atoms with van der Waals surface area (Å²) in [6.45, 7) is -0.390. The van der Waals surface area contributed by atoms with Gasteiger partial charge in [-0.1, -0.05) is 0 Å². The Hall–Kier alpha value is -1.87. The number of aliphatic hydroxyl groups excluding tert-OH is 5. The highest BCUT2D eigenvalue weighted by molar-refractivity contribution is 5.76. The van der Waals surface area contributed by atoms with Crippen LogP contribution in [-0.4, -0.2) is 112 Å². The first kappa shape index (κ1) is 27.2. The lowest BCUT2D eigenvalue weighted by Gasteiger charge is -2.46. The van der Waals surface area contributed by atoms with Crippen molar-refractivity contribution >= 4 is 17.8 Å². The summed E-state index contributed by atoms with van der Waals surface area (Å²) in [4.78, 5) is 34.7. The highest BCUT2D eigenvalue weighted by atomic mass is 16.7. The molecule has 0 radical (unpaired) electrons. The third-order valence-corrected chi connectivity index (χ3v) is 5.04. The van der Waals surface area contributed by atoms with E-state index in [4.69, 9.17) is 14.6 Å². The predicted molar refractivity (Wildman–Crippen MR) is 102 cm³/mol. The van der Waals surface area contributed by atoms with Crippen LogP contribution >= 0.6 is 0 Å². The van der Waals surface area contributed by atoms with Gasteiger partial charge in [0.15, 0.2) is 0 Å². The van der Waals surface area contributed by atoms with Crippen LogP contribution in [0.5, 0.6) is 0 Å². The third-order valence-electron chi connectivity index (χ3n) is 5.04. The van der Waals surface area contributed by atoms with Crippen molar-refractivity contribution in [1.82, 2.24) is 10.6 Å². The maximum atomic E-state index is 12.1. The first-order valence-electron chi connectivity index (χ1n) is 9.69. The minimum atomic E-state index is -2.44. The van der Waals surface area contributed by atoms with E-state index in [1.54, 1.807) is 0 Å². The lowest BCUT2D eigenvalue weighted by Crippen LogP contribution is -2.65. The molecule has 8 N–H and O–H groups in total. The Morgan fingerprint density at radius 2 is 1.81 bits per heavy atom. The van der Waals surface area contributed by atoms with Crippen molar-refractivity contribution in [2.45, 2.75) is 56.8 Å². The molecular formula is C18H32N2O11. The van der Waals surface area contributed by atoms with Gasteiger partial charge in [0.2, 0.25) is 11.8 Å². The van der Waals surface area contributed by atoms with Crippen molar-refractivity contribution in [3.63, 3.8) is 0 Å². The van der Waals surface area contributed by atoms with Crippen LogP contribution in [0.1, 0.15) is 26.7 Å². The van der Waals surface area contributed by atoms with E-state index in [-0.39, 0.29) is 13.0 Å². The smallest absolute Gasteiger partial charge is 0.364 e. The summed E-state index contributed by atoms with van der Waals surface area (Å²) in [6.07, 6.45) is -4.98. The van der Waals surface area contributed by atoms with E-state index in [1.165, 1.54) is 13.8 Å². The molecule has 1 aliphatic heterocycles. The number of carbonyl (C=O) groups excluding carboxylic acids is 2. The molecule has 1 heterocycles. The Labute approximate surface area is 179 Å². The molecular weight excluding hydrogens is 420 g/mol. The van der Waals surface area contributed by atoms with Crippen LogP contribution in [0, 0.1) is 5.41 Å². The number of carboxylic acids is 1. The zero-order chi connectivity index (χ0) is 23.8. The van der Waals surface area contributed by atoms with Gasteiger partial charge in [-0.15, -0.1) is 0 Å². The van der Waals surface area contributed by atoms with Crippen molar-refractivity contribution in [2.24, 2.45) is 5.41 Å². The maximum absolute atomic E-state index is 12.1. The van der Waals surface area contributed by atoms with Gasteiger partial charge in [0.05, 0.1) is 56.2 Å². The molecule has 0 aliphatic carbocycles. The number of aliphatic hydroxyl groups is 5. The highest BCUT2D eigenvalue weighted by Crippen LogP contribution is 2.34. The normalized spacial score (nSPS) is 27.4. The fourth-order valence-corrected chi connectivity index (χ4v) is 3.16. The highest BCUT2D eigenvalue weighted by Gasteiger charge is 2.54. The Morgan fingerprint density at radius 1 is 1.19 bits per heavy atom. The van der Waals surface area contributed by atoms with Gasteiger partial charge >= 0.3 is 5.97 Å². The Balaban J connectivity index is 3.15. The van der Waals surface area contributed by atoms with Gasteiger partial charge in [-0.3, -0.25) is 9.59 Å². The molecule has 1 fully saturated rings. The van der Waals surface area contributed by atoms with Gasteiger partial charge in [-0.25, -0.2) is 4.79 Å². The molecule has 0 spiro atoms. The van der Waals surface area contributed by atoms with Crippen LogP contribution in [0.2, 0.25) is 0 Å². The van der Waals surface area contributed by atoms with Crippen LogP contribution < -0.4 is 10.6 Å². The summed E-state index contributed by atoms with van der Waals surface area (Å²) >= 11 is 0. The van der Waals surface area contributed by atoms with Gasteiger partial charge in [0.25, 0.3) is 5.79 Å². The second kappa shape index (κ2) is 11.7. The SMILES string of the molecule is CC(=O)NCC(CO)(CO)COC1(C(=O)O)CC(O)[C@@H](NC(C)=O)C(C[C@H](O)CO)O1. The van der Waals surface area contributed by atoms with Crippen molar-refractivity contribution in [3.05, 3.63) is 0 Å². The number of carboxylic acid groups (broad SMARTS) is 1. The van der Waals surface area contributed by atoms with Crippen LogP contribution in [0.15, 0.2) is 0 Å². The van der Waals surface area contributed by atoms with E-state index < -0.39 is 86.2 Å². The summed E-state index contributed by atoms with van der Waals surface area (Å²) < 4.78 is 11.1. The van der Waals surface area contributed by atoms with Gasteiger partial charge in [-0.2, -0.15) is 0 Å². The molecule has 1 rings (SSSR count). The number of nitrogens with one attached hydrogen (secondary N) is 2. The third kappa shape index (κ3) is 7.35. The molecule has 0 aromatic rings. The van der Waals surface area contributed by atoms with Gasteiger partial charge in [0, 0.05) is 33.2 Å². The lowest BCUT2D eigenvalue weighted by molar-refractivity contribution is -0.306. The van der Waals surface area contributed by atoms with E-state index in [0.717, 1.165) is 0 Å². The molecule has 3 unspecified atom stereocenters. The Kier molecular flexibility index (Phi) is 10.2. The summed E-state index contributed by atoms with van der Waals surface area (Å²) in [5, 5.41) is 63.5. The summed E-state index contributed by atoms with van der Waals surface area (Å²) in [7, 11) is 0. The van der Waals surface area contributed by atoms with Crippen LogP contribution in [0.3, 0.4) is 0 Å². The number of carbonyl (C=O) groups is 3. The molecule has 1 aliphatic rings. The zero-order valence-corrected chi connectivity index (χ0v) is 17.5. The number of hydrogen-bond acceptors (Lipinski definition) is 10. The number of amides is 2. The van der Waals surface area contributed by atoms with Crippen molar-refractivity contribution in [3.8, 4) is 0 Å². The monoisotopic (exact) mass is 452 g/mol. The quantitative estimate of drug-likeness (QED) is 0.144. The van der Waals surface area contributed by atoms with Crippen LogP contribution in [0.25, 0.3) is 0 Å². The molecule has 0 bridgehead atoms. The number of aliphatic carboxylic acids is 1. The van der Waals surface area contributed by atoms with E-state index >= 15 is 0 Å². The average molecular weight is 452 g/mol. The second-order valence-corrected chi connectivity index (χ2v) is 7.80. The van der Waals surface area contributed by atoms with Crippen LogP contribution in [0.4, 0.5) is 0 Å². The molecule has 180 valence electrons. The fraction of sp³-hybridized carbons (Fsp3) is 0.833. The molecule has 13 heteroatoms. The van der Waals surface area contributed by atoms with E-state index in [9.17, 15) is 39.9 Å². The minimum Gasteiger partial charge on any atom is -0.477 e. The van der Waals surface area contributed by atoms with E-state index in [0.29, 0.717) is 0 Å². The lowest BCUT2D eigenvalue weighted by atomic mass is 9.88. The van der Waals surface area contributed by atoms with Gasteiger partial charge < -0.3 is 50.7 Å². The molecule has 0 saturated carbocycles. The second-order valence-electron chi connectivity index (χ2n) is 7.80. The standard InChI is InChI=1S/C18H32N2O11/c1-10(24)19-6-17(7-22,8-23)9-30-18(16(28)29)4-13(27)15(20-11(2)25)14(31-18)3-12(26)5-21/h12-15,21-23,26-27H,3-9H2,1-2H3,(H,19,24)(H,20,25)(H,28,29)/t12-,13?,14?,15+,18?/m0/s1. The summed E-state index contributed by atoms with van der Waals surface area (Å²) in [6, 6.07) is -1.09. The van der Waals surface area contributed by atoms with E-state index in [2.05, 4.69) is 10.6 Å². The summed E-state index contributed by atoms with van der Waals surface area (Å²) in [5.41, 5.74) is -1.45. The largest absolute Gasteiger partial charge is 0.477 e. The molecule has 0 aromatic carbocycles. The molecule has 1 saturated heterocycles. The molecule has 5 atom stereocenters. The van der Waals surface area contributed by atoms with Crippen molar-refractivity contribution in [2.75, 3.05) is 33.0 Å². The predicted octanol–water partition coefficient (Wildman–Crippen LogP) is -3.71. The summed E-state index contributed by atoms with van der Waals surface area (Å²) in [5.74, 6) is -5.05. The fourth-order valence-electron chi connectivity index (χ4n) is 3.16. The minimum absolute atomic E-state index is 0.227. The molecule has 13 nitrogen and oxygen atoms in total.